The molecular formula is C19H15N2O5-. The Bertz CT molecular complexity index is 849. The zero-order valence-corrected chi connectivity index (χ0v) is 13.9. The molecule has 7 heteroatoms. The van der Waals surface area contributed by atoms with Gasteiger partial charge in [0.25, 0.3) is 5.91 Å². The SMILES string of the molecule is COc1ccc(NC(=O)/C(C#N)=C\c2ccc(OCC(=O)[O-])cc2)cc1. The fourth-order valence-electron chi connectivity index (χ4n) is 1.99. The van der Waals surface area contributed by atoms with E-state index < -0.39 is 18.5 Å². The van der Waals surface area contributed by atoms with E-state index in [1.807, 2.05) is 6.07 Å². The van der Waals surface area contributed by atoms with Crippen molar-refractivity contribution < 1.29 is 24.2 Å². The molecule has 0 aliphatic heterocycles. The molecule has 0 fully saturated rings. The fourth-order valence-corrected chi connectivity index (χ4v) is 1.99. The molecule has 0 atom stereocenters. The minimum Gasteiger partial charge on any atom is -0.546 e. The van der Waals surface area contributed by atoms with Gasteiger partial charge in [0, 0.05) is 5.69 Å². The Hall–Kier alpha value is -3.79. The number of carbonyl (C=O) groups is 2. The first-order chi connectivity index (χ1) is 12.5. The van der Waals surface area contributed by atoms with Gasteiger partial charge in [0.1, 0.15) is 29.7 Å². The largest absolute Gasteiger partial charge is 0.546 e. The molecule has 0 aliphatic carbocycles. The van der Waals surface area contributed by atoms with Crippen LogP contribution in [0.1, 0.15) is 5.56 Å². The summed E-state index contributed by atoms with van der Waals surface area (Å²) in [5.74, 6) is -0.876. The third kappa shape index (κ3) is 5.39. The molecule has 0 saturated carbocycles. The number of anilines is 1. The molecule has 2 aromatic carbocycles. The Kier molecular flexibility index (Phi) is 6.34. The van der Waals surface area contributed by atoms with Crippen molar-refractivity contribution in [2.45, 2.75) is 0 Å². The smallest absolute Gasteiger partial charge is 0.266 e. The highest BCUT2D eigenvalue weighted by molar-refractivity contribution is 6.09. The highest BCUT2D eigenvalue weighted by Gasteiger charge is 2.09. The van der Waals surface area contributed by atoms with Gasteiger partial charge in [-0.2, -0.15) is 5.26 Å². The number of carbonyl (C=O) groups excluding carboxylic acids is 2. The van der Waals surface area contributed by atoms with Crippen molar-refractivity contribution in [1.82, 2.24) is 0 Å². The van der Waals surface area contributed by atoms with Gasteiger partial charge in [-0.05, 0) is 48.0 Å². The molecule has 0 spiro atoms. The summed E-state index contributed by atoms with van der Waals surface area (Å²) >= 11 is 0. The number of carboxylic acids is 1. The average Bonchev–Trinajstić information content (AvgIpc) is 2.65. The van der Waals surface area contributed by atoms with Gasteiger partial charge in [0.2, 0.25) is 0 Å². The van der Waals surface area contributed by atoms with E-state index >= 15 is 0 Å². The molecule has 0 heterocycles. The molecule has 0 saturated heterocycles. The van der Waals surface area contributed by atoms with E-state index in [9.17, 15) is 20.0 Å². The van der Waals surface area contributed by atoms with Gasteiger partial charge < -0.3 is 24.7 Å². The molecule has 2 aromatic rings. The summed E-state index contributed by atoms with van der Waals surface area (Å²) in [7, 11) is 1.54. The first-order valence-corrected chi connectivity index (χ1v) is 7.51. The zero-order chi connectivity index (χ0) is 18.9. The van der Waals surface area contributed by atoms with Crippen LogP contribution in [0.4, 0.5) is 5.69 Å². The topological polar surface area (TPSA) is 111 Å². The molecule has 1 amide bonds. The molecule has 0 radical (unpaired) electrons. The summed E-state index contributed by atoms with van der Waals surface area (Å²) in [6.07, 6.45) is 1.42. The Morgan fingerprint density at radius 3 is 2.27 bits per heavy atom. The monoisotopic (exact) mass is 351 g/mol. The number of carboxylic acid groups (broad SMARTS) is 1. The van der Waals surface area contributed by atoms with E-state index in [2.05, 4.69) is 5.32 Å². The van der Waals surface area contributed by atoms with E-state index in [0.717, 1.165) is 0 Å². The Morgan fingerprint density at radius 2 is 1.73 bits per heavy atom. The first-order valence-electron chi connectivity index (χ1n) is 7.51. The van der Waals surface area contributed by atoms with Gasteiger partial charge in [-0.1, -0.05) is 12.1 Å². The number of hydrogen-bond acceptors (Lipinski definition) is 6. The number of benzene rings is 2. The Labute approximate surface area is 150 Å². The second-order valence-corrected chi connectivity index (χ2v) is 5.08. The maximum atomic E-state index is 12.2. The number of methoxy groups -OCH3 is 1. The molecule has 26 heavy (non-hydrogen) atoms. The highest BCUT2D eigenvalue weighted by atomic mass is 16.5. The third-order valence-electron chi connectivity index (χ3n) is 3.26. The Balaban J connectivity index is 2.07. The number of rotatable bonds is 7. The standard InChI is InChI=1S/C19H16N2O5/c1-25-16-8-4-15(5-9-16)21-19(24)14(11-20)10-13-2-6-17(7-3-13)26-12-18(22)23/h2-10H,12H2,1H3,(H,21,24)(H,22,23)/p-1/b14-10-. The van der Waals surface area contributed by atoms with Gasteiger partial charge in [0.15, 0.2) is 0 Å². The summed E-state index contributed by atoms with van der Waals surface area (Å²) in [5, 5.41) is 22.2. The second-order valence-electron chi connectivity index (χ2n) is 5.08. The van der Waals surface area contributed by atoms with Crippen LogP contribution in [0.3, 0.4) is 0 Å². The van der Waals surface area contributed by atoms with Gasteiger partial charge >= 0.3 is 0 Å². The Morgan fingerprint density at radius 1 is 1.12 bits per heavy atom. The normalized spacial score (nSPS) is 10.5. The van der Waals surface area contributed by atoms with E-state index in [-0.39, 0.29) is 5.57 Å². The quantitative estimate of drug-likeness (QED) is 0.596. The number of nitrogens with one attached hydrogen (secondary N) is 1. The zero-order valence-electron chi connectivity index (χ0n) is 13.9. The minimum atomic E-state index is -1.32. The van der Waals surface area contributed by atoms with E-state index in [4.69, 9.17) is 9.47 Å². The predicted octanol–water partition coefficient (Wildman–Crippen LogP) is 1.37. The van der Waals surface area contributed by atoms with Crippen molar-refractivity contribution >= 4 is 23.6 Å². The highest BCUT2D eigenvalue weighted by Crippen LogP contribution is 2.17. The van der Waals surface area contributed by atoms with Crippen LogP contribution in [-0.4, -0.2) is 25.6 Å². The van der Waals surface area contributed by atoms with E-state index in [1.165, 1.54) is 18.2 Å². The third-order valence-corrected chi connectivity index (χ3v) is 3.26. The molecule has 0 aromatic heterocycles. The number of aliphatic carboxylic acids is 1. The van der Waals surface area contributed by atoms with Crippen molar-refractivity contribution in [2.24, 2.45) is 0 Å². The molecule has 1 N–H and O–H groups in total. The van der Waals surface area contributed by atoms with Crippen molar-refractivity contribution in [3.05, 3.63) is 59.7 Å². The van der Waals surface area contributed by atoms with Crippen LogP contribution in [0.25, 0.3) is 6.08 Å². The fraction of sp³-hybridized carbons (Fsp3) is 0.105. The van der Waals surface area contributed by atoms with Gasteiger partial charge in [-0.25, -0.2) is 0 Å². The van der Waals surface area contributed by atoms with Crippen LogP contribution in [0.15, 0.2) is 54.1 Å². The number of nitrogens with zero attached hydrogens (tertiary/aromatic N) is 1. The van der Waals surface area contributed by atoms with Crippen LogP contribution in [0.2, 0.25) is 0 Å². The summed E-state index contributed by atoms with van der Waals surface area (Å²) < 4.78 is 10.0. The second kappa shape index (κ2) is 8.89. The van der Waals surface area contributed by atoms with E-state index in [0.29, 0.717) is 22.7 Å². The van der Waals surface area contributed by atoms with Crippen LogP contribution in [-0.2, 0) is 9.59 Å². The van der Waals surface area contributed by atoms with Gasteiger partial charge in [-0.15, -0.1) is 0 Å². The summed E-state index contributed by atoms with van der Waals surface area (Å²) in [5.41, 5.74) is 1.04. The van der Waals surface area contributed by atoms with Crippen LogP contribution >= 0.6 is 0 Å². The van der Waals surface area contributed by atoms with Crippen molar-refractivity contribution in [3.63, 3.8) is 0 Å². The molecule has 0 bridgehead atoms. The maximum Gasteiger partial charge on any atom is 0.266 e. The lowest BCUT2D eigenvalue weighted by molar-refractivity contribution is -0.307. The number of hydrogen-bond donors (Lipinski definition) is 1. The molecule has 7 nitrogen and oxygen atoms in total. The molecular weight excluding hydrogens is 336 g/mol. The van der Waals surface area contributed by atoms with E-state index in [1.54, 1.807) is 43.5 Å². The lowest BCUT2D eigenvalue weighted by atomic mass is 10.1. The van der Waals surface area contributed by atoms with Crippen molar-refractivity contribution in [1.29, 1.82) is 5.26 Å². The summed E-state index contributed by atoms with van der Waals surface area (Å²) in [6.45, 7) is -0.553. The van der Waals surface area contributed by atoms with Crippen molar-refractivity contribution in [2.75, 3.05) is 19.0 Å². The van der Waals surface area contributed by atoms with Crippen LogP contribution in [0, 0.1) is 11.3 Å². The molecule has 0 unspecified atom stereocenters. The number of ether oxygens (including phenoxy) is 2. The lowest BCUT2D eigenvalue weighted by Crippen LogP contribution is -2.28. The van der Waals surface area contributed by atoms with Crippen LogP contribution in [0.5, 0.6) is 11.5 Å². The number of nitriles is 1. The summed E-state index contributed by atoms with van der Waals surface area (Å²) in [4.78, 5) is 22.6. The summed E-state index contributed by atoms with van der Waals surface area (Å²) in [6, 6.07) is 14.8. The average molecular weight is 351 g/mol. The molecule has 0 aliphatic rings. The van der Waals surface area contributed by atoms with Crippen LogP contribution < -0.4 is 19.9 Å². The van der Waals surface area contributed by atoms with Crippen molar-refractivity contribution in [3.8, 4) is 17.6 Å². The predicted molar refractivity (Wildman–Crippen MR) is 92.2 cm³/mol. The minimum absolute atomic E-state index is 0.0794. The number of amides is 1. The maximum absolute atomic E-state index is 12.2. The molecule has 132 valence electrons. The van der Waals surface area contributed by atoms with Gasteiger partial charge in [0.05, 0.1) is 13.1 Å². The lowest BCUT2D eigenvalue weighted by Gasteiger charge is -2.07. The molecule has 2 rings (SSSR count). The first kappa shape index (κ1) is 18.5. The van der Waals surface area contributed by atoms with Gasteiger partial charge in [-0.3, -0.25) is 4.79 Å².